The summed E-state index contributed by atoms with van der Waals surface area (Å²) >= 11 is 3.33. The molecule has 0 amide bonds. The molecule has 0 radical (unpaired) electrons. The Balaban J connectivity index is 2.18. The maximum atomic E-state index is 8.68. The molecule has 0 unspecified atom stereocenters. The fourth-order valence-corrected chi connectivity index (χ4v) is 1.56. The van der Waals surface area contributed by atoms with Gasteiger partial charge in [-0.2, -0.15) is 4.80 Å². The molecule has 0 aromatic carbocycles. The average Bonchev–Trinajstić information content (AvgIpc) is 2.75. The second kappa shape index (κ2) is 5.13. The standard InChI is InChI=1S/C9H10BrN5O/c10-8-4-7(5-11-6-8)9-12-14-15(13-9)2-1-3-16/h4-6,16H,1-3H2. The Morgan fingerprint density at radius 1 is 1.38 bits per heavy atom. The summed E-state index contributed by atoms with van der Waals surface area (Å²) < 4.78 is 0.872. The van der Waals surface area contributed by atoms with Crippen molar-refractivity contribution >= 4 is 15.9 Å². The van der Waals surface area contributed by atoms with Gasteiger partial charge in [0.05, 0.1) is 6.54 Å². The molecule has 2 aromatic rings. The van der Waals surface area contributed by atoms with Crippen molar-refractivity contribution in [2.45, 2.75) is 13.0 Å². The number of hydrogen-bond donors (Lipinski definition) is 1. The summed E-state index contributed by atoms with van der Waals surface area (Å²) in [7, 11) is 0. The van der Waals surface area contributed by atoms with E-state index in [9.17, 15) is 0 Å². The second-order valence-electron chi connectivity index (χ2n) is 3.18. The predicted molar refractivity (Wildman–Crippen MR) is 60.5 cm³/mol. The summed E-state index contributed by atoms with van der Waals surface area (Å²) in [6.45, 7) is 0.681. The zero-order valence-corrected chi connectivity index (χ0v) is 10.0. The summed E-state index contributed by atoms with van der Waals surface area (Å²) in [4.78, 5) is 5.49. The Hall–Kier alpha value is -1.34. The molecule has 6 nitrogen and oxygen atoms in total. The summed E-state index contributed by atoms with van der Waals surface area (Å²) in [5.74, 6) is 0.534. The van der Waals surface area contributed by atoms with Gasteiger partial charge in [0.25, 0.3) is 0 Å². The summed E-state index contributed by atoms with van der Waals surface area (Å²) in [6.07, 6.45) is 3.99. The fourth-order valence-electron chi connectivity index (χ4n) is 1.20. The van der Waals surface area contributed by atoms with E-state index in [2.05, 4.69) is 36.3 Å². The van der Waals surface area contributed by atoms with Crippen molar-refractivity contribution in [1.82, 2.24) is 25.2 Å². The third-order valence-electron chi connectivity index (χ3n) is 1.93. The van der Waals surface area contributed by atoms with Gasteiger partial charge >= 0.3 is 0 Å². The van der Waals surface area contributed by atoms with Gasteiger partial charge in [-0.1, -0.05) is 0 Å². The molecule has 0 aliphatic heterocycles. The van der Waals surface area contributed by atoms with Crippen molar-refractivity contribution in [2.24, 2.45) is 0 Å². The van der Waals surface area contributed by atoms with Gasteiger partial charge in [-0.25, -0.2) is 0 Å². The number of aliphatic hydroxyl groups excluding tert-OH is 1. The number of rotatable bonds is 4. The molecular formula is C9H10BrN5O. The van der Waals surface area contributed by atoms with E-state index in [0.29, 0.717) is 18.8 Å². The molecule has 0 aliphatic rings. The number of halogens is 1. The minimum Gasteiger partial charge on any atom is -0.396 e. The lowest BCUT2D eigenvalue weighted by molar-refractivity contribution is 0.272. The first kappa shape index (κ1) is 11.2. The molecule has 84 valence electrons. The van der Waals surface area contributed by atoms with Gasteiger partial charge in [0.1, 0.15) is 0 Å². The first-order valence-electron chi connectivity index (χ1n) is 4.79. The molecule has 0 saturated heterocycles. The Bertz CT molecular complexity index is 472. The zero-order valence-electron chi connectivity index (χ0n) is 8.41. The first-order valence-corrected chi connectivity index (χ1v) is 5.58. The monoisotopic (exact) mass is 283 g/mol. The first-order chi connectivity index (χ1) is 7.79. The van der Waals surface area contributed by atoms with Crippen LogP contribution in [0.15, 0.2) is 22.9 Å². The van der Waals surface area contributed by atoms with Crippen LogP contribution in [-0.4, -0.2) is 36.9 Å². The van der Waals surface area contributed by atoms with Crippen LogP contribution in [-0.2, 0) is 6.54 Å². The van der Waals surface area contributed by atoms with Gasteiger partial charge in [0.15, 0.2) is 0 Å². The largest absolute Gasteiger partial charge is 0.396 e. The molecule has 16 heavy (non-hydrogen) atoms. The third kappa shape index (κ3) is 2.61. The third-order valence-corrected chi connectivity index (χ3v) is 2.37. The smallest absolute Gasteiger partial charge is 0.206 e. The molecule has 2 heterocycles. The second-order valence-corrected chi connectivity index (χ2v) is 4.09. The van der Waals surface area contributed by atoms with Gasteiger partial charge in [0, 0.05) is 29.0 Å². The fraction of sp³-hybridized carbons (Fsp3) is 0.333. The van der Waals surface area contributed by atoms with E-state index in [4.69, 9.17) is 5.11 Å². The van der Waals surface area contributed by atoms with Crippen LogP contribution in [0.25, 0.3) is 11.4 Å². The lowest BCUT2D eigenvalue weighted by Gasteiger charge is -1.95. The molecule has 7 heteroatoms. The molecule has 0 spiro atoms. The van der Waals surface area contributed by atoms with Gasteiger partial charge in [-0.3, -0.25) is 4.98 Å². The number of nitrogens with zero attached hydrogens (tertiary/aromatic N) is 5. The minimum absolute atomic E-state index is 0.120. The minimum atomic E-state index is 0.120. The maximum Gasteiger partial charge on any atom is 0.206 e. The lowest BCUT2D eigenvalue weighted by atomic mass is 10.3. The van der Waals surface area contributed by atoms with Crippen molar-refractivity contribution in [3.63, 3.8) is 0 Å². The van der Waals surface area contributed by atoms with E-state index in [0.717, 1.165) is 10.0 Å². The van der Waals surface area contributed by atoms with Crippen LogP contribution in [0.3, 0.4) is 0 Å². The number of hydrogen-bond acceptors (Lipinski definition) is 5. The highest BCUT2D eigenvalue weighted by Crippen LogP contribution is 2.17. The van der Waals surface area contributed by atoms with Crippen molar-refractivity contribution < 1.29 is 5.11 Å². The van der Waals surface area contributed by atoms with Crippen LogP contribution in [0.1, 0.15) is 6.42 Å². The molecular weight excluding hydrogens is 274 g/mol. The van der Waals surface area contributed by atoms with Gasteiger partial charge in [-0.05, 0) is 33.6 Å². The van der Waals surface area contributed by atoms with E-state index in [-0.39, 0.29) is 6.61 Å². The summed E-state index contributed by atoms with van der Waals surface area (Å²) in [5.41, 5.74) is 0.810. The van der Waals surface area contributed by atoms with Crippen LogP contribution in [0.2, 0.25) is 0 Å². The lowest BCUT2D eigenvalue weighted by Crippen LogP contribution is -2.04. The Kier molecular flexibility index (Phi) is 3.58. The van der Waals surface area contributed by atoms with Gasteiger partial charge in [0.2, 0.25) is 5.82 Å². The molecule has 2 rings (SSSR count). The molecule has 1 N–H and O–H groups in total. The Morgan fingerprint density at radius 3 is 3.00 bits per heavy atom. The van der Waals surface area contributed by atoms with E-state index >= 15 is 0 Å². The Labute approximate surface area is 100 Å². The predicted octanol–water partition coefficient (Wildman–Crippen LogP) is 0.880. The average molecular weight is 284 g/mol. The molecule has 0 fully saturated rings. The normalized spacial score (nSPS) is 10.6. The quantitative estimate of drug-likeness (QED) is 0.901. The zero-order chi connectivity index (χ0) is 11.4. The number of aromatic nitrogens is 5. The summed E-state index contributed by atoms with van der Waals surface area (Å²) in [6, 6.07) is 1.88. The van der Waals surface area contributed by atoms with Crippen LogP contribution in [0.5, 0.6) is 0 Å². The number of aliphatic hydroxyl groups is 1. The highest BCUT2D eigenvalue weighted by atomic mass is 79.9. The highest BCUT2D eigenvalue weighted by molar-refractivity contribution is 9.10. The molecule has 0 atom stereocenters. The Morgan fingerprint density at radius 2 is 2.25 bits per heavy atom. The van der Waals surface area contributed by atoms with Gasteiger partial charge in [-0.15, -0.1) is 10.2 Å². The van der Waals surface area contributed by atoms with E-state index in [1.54, 1.807) is 12.4 Å². The summed E-state index contributed by atoms with van der Waals surface area (Å²) in [5, 5.41) is 20.7. The van der Waals surface area contributed by atoms with Crippen LogP contribution < -0.4 is 0 Å². The van der Waals surface area contributed by atoms with Crippen molar-refractivity contribution in [2.75, 3.05) is 6.61 Å². The molecule has 2 aromatic heterocycles. The van der Waals surface area contributed by atoms with Crippen LogP contribution in [0, 0.1) is 0 Å². The van der Waals surface area contributed by atoms with Crippen LogP contribution in [0.4, 0.5) is 0 Å². The molecule has 0 bridgehead atoms. The van der Waals surface area contributed by atoms with E-state index in [1.165, 1.54) is 4.80 Å². The van der Waals surface area contributed by atoms with E-state index < -0.39 is 0 Å². The van der Waals surface area contributed by atoms with Gasteiger partial charge < -0.3 is 5.11 Å². The highest BCUT2D eigenvalue weighted by Gasteiger charge is 2.06. The maximum absolute atomic E-state index is 8.68. The van der Waals surface area contributed by atoms with Crippen molar-refractivity contribution in [3.05, 3.63) is 22.9 Å². The van der Waals surface area contributed by atoms with Crippen LogP contribution >= 0.6 is 15.9 Å². The number of aryl methyl sites for hydroxylation is 1. The number of tetrazole rings is 1. The molecule has 0 saturated carbocycles. The van der Waals surface area contributed by atoms with Crippen molar-refractivity contribution in [3.8, 4) is 11.4 Å². The topological polar surface area (TPSA) is 76.7 Å². The van der Waals surface area contributed by atoms with E-state index in [1.807, 2.05) is 6.07 Å². The molecule has 0 aliphatic carbocycles. The SMILES string of the molecule is OCCCn1nnc(-c2cncc(Br)c2)n1. The van der Waals surface area contributed by atoms with Crippen molar-refractivity contribution in [1.29, 1.82) is 0 Å². The number of pyridine rings is 1.